The number of nitrogens with zero attached hydrogens (tertiary/aromatic N) is 2. The maximum atomic E-state index is 12.1. The molecule has 3 aromatic rings. The molecule has 6 nitrogen and oxygen atoms in total. The van der Waals surface area contributed by atoms with Gasteiger partial charge in [-0.3, -0.25) is 4.79 Å². The van der Waals surface area contributed by atoms with Crippen molar-refractivity contribution in [3.8, 4) is 5.75 Å². The zero-order valence-electron chi connectivity index (χ0n) is 15.9. The summed E-state index contributed by atoms with van der Waals surface area (Å²) in [6.07, 6.45) is 0. The zero-order valence-corrected chi connectivity index (χ0v) is 17.4. The molecule has 0 amide bonds. The average molecular weight is 419 g/mol. The maximum Gasteiger partial charge on any atom is 0.182 e. The lowest BCUT2D eigenvalue weighted by Crippen LogP contribution is -2.23. The summed E-state index contributed by atoms with van der Waals surface area (Å²) in [6.45, 7) is 7.21. The van der Waals surface area contributed by atoms with Crippen molar-refractivity contribution in [2.45, 2.75) is 33.3 Å². The number of nitrogens with two attached hydrogens (primary N) is 1. The van der Waals surface area contributed by atoms with Gasteiger partial charge in [0.05, 0.1) is 26.9 Å². The molecular formula is C20H20Cl2N4O2. The van der Waals surface area contributed by atoms with Crippen molar-refractivity contribution in [1.82, 2.24) is 10.2 Å². The summed E-state index contributed by atoms with van der Waals surface area (Å²) in [5, 5.41) is 12.9. The van der Waals surface area contributed by atoms with Gasteiger partial charge in [-0.25, -0.2) is 0 Å². The lowest BCUT2D eigenvalue weighted by atomic mass is 10.1. The molecule has 0 aliphatic heterocycles. The van der Waals surface area contributed by atoms with Gasteiger partial charge in [-0.2, -0.15) is 0 Å². The Hall–Kier alpha value is -2.57. The molecule has 3 rings (SSSR count). The third kappa shape index (κ3) is 4.29. The largest absolute Gasteiger partial charge is 0.486 e. The molecule has 3 N–H and O–H groups in total. The number of carbonyl (C=O) groups is 1. The van der Waals surface area contributed by atoms with E-state index in [0.29, 0.717) is 43.8 Å². The van der Waals surface area contributed by atoms with E-state index in [0.717, 1.165) is 0 Å². The molecule has 8 heteroatoms. The molecular weight excluding hydrogens is 399 g/mol. The molecule has 2 aromatic carbocycles. The second-order valence-corrected chi connectivity index (χ2v) is 8.17. The fourth-order valence-electron chi connectivity index (χ4n) is 2.66. The molecule has 1 heterocycles. The first-order valence-corrected chi connectivity index (χ1v) is 9.32. The van der Waals surface area contributed by atoms with Gasteiger partial charge in [0.25, 0.3) is 0 Å². The number of benzene rings is 2. The van der Waals surface area contributed by atoms with Gasteiger partial charge in [0.1, 0.15) is 11.4 Å². The Morgan fingerprint density at radius 3 is 2.43 bits per heavy atom. The Morgan fingerprint density at radius 1 is 1.11 bits per heavy atom. The fourth-order valence-corrected chi connectivity index (χ4v) is 2.96. The second kappa shape index (κ2) is 7.45. The molecule has 146 valence electrons. The number of rotatable bonds is 4. The molecule has 28 heavy (non-hydrogen) atoms. The summed E-state index contributed by atoms with van der Waals surface area (Å²) in [6, 6.07) is 8.52. The Kier molecular flexibility index (Phi) is 5.37. The number of nitrogens with one attached hydrogen (secondary N) is 1. The highest BCUT2D eigenvalue weighted by Crippen LogP contribution is 2.36. The SMILES string of the molecule is CC(=O)c1nnc2cc(OC(C)(C)C)c(N)cc2c1Nc1ccc(Cl)c(Cl)c1. The highest BCUT2D eigenvalue weighted by molar-refractivity contribution is 6.42. The number of hydrogen-bond acceptors (Lipinski definition) is 6. The normalized spacial score (nSPS) is 11.5. The van der Waals surface area contributed by atoms with Crippen molar-refractivity contribution in [2.75, 3.05) is 11.1 Å². The van der Waals surface area contributed by atoms with E-state index in [9.17, 15) is 4.79 Å². The summed E-state index contributed by atoms with van der Waals surface area (Å²) >= 11 is 12.1. The summed E-state index contributed by atoms with van der Waals surface area (Å²) in [5.41, 5.74) is 8.10. The van der Waals surface area contributed by atoms with Crippen LogP contribution >= 0.6 is 23.2 Å². The van der Waals surface area contributed by atoms with Crippen LogP contribution in [0.2, 0.25) is 10.0 Å². The summed E-state index contributed by atoms with van der Waals surface area (Å²) in [7, 11) is 0. The molecule has 0 aliphatic rings. The van der Waals surface area contributed by atoms with E-state index < -0.39 is 5.60 Å². The van der Waals surface area contributed by atoms with Crippen molar-refractivity contribution in [1.29, 1.82) is 0 Å². The van der Waals surface area contributed by atoms with E-state index in [1.807, 2.05) is 20.8 Å². The van der Waals surface area contributed by atoms with E-state index in [1.165, 1.54) is 6.92 Å². The third-order valence-electron chi connectivity index (χ3n) is 3.83. The highest BCUT2D eigenvalue weighted by atomic mass is 35.5. The molecule has 0 atom stereocenters. The number of Topliss-reactive ketones (excluding diaryl/α,β-unsaturated/α-hetero) is 1. The van der Waals surface area contributed by atoms with Gasteiger partial charge in [0, 0.05) is 24.1 Å². The number of ketones is 1. The van der Waals surface area contributed by atoms with Gasteiger partial charge >= 0.3 is 0 Å². The Bertz CT molecular complexity index is 1080. The van der Waals surface area contributed by atoms with Crippen LogP contribution in [0.15, 0.2) is 30.3 Å². The minimum Gasteiger partial charge on any atom is -0.486 e. The molecule has 0 saturated heterocycles. The van der Waals surface area contributed by atoms with Crippen LogP contribution in [0.25, 0.3) is 10.9 Å². The van der Waals surface area contributed by atoms with Gasteiger partial charge < -0.3 is 15.8 Å². The predicted molar refractivity (Wildman–Crippen MR) is 114 cm³/mol. The molecule has 0 saturated carbocycles. The lowest BCUT2D eigenvalue weighted by Gasteiger charge is -2.23. The smallest absolute Gasteiger partial charge is 0.182 e. The number of ether oxygens (including phenoxy) is 1. The van der Waals surface area contributed by atoms with Crippen molar-refractivity contribution >= 4 is 57.0 Å². The highest BCUT2D eigenvalue weighted by Gasteiger charge is 2.19. The first-order chi connectivity index (χ1) is 13.0. The minimum absolute atomic E-state index is 0.197. The first kappa shape index (κ1) is 20.2. The number of carbonyl (C=O) groups excluding carboxylic acids is 1. The zero-order chi connectivity index (χ0) is 20.6. The third-order valence-corrected chi connectivity index (χ3v) is 4.57. The van der Waals surface area contributed by atoms with Crippen LogP contribution in [0.4, 0.5) is 17.1 Å². The number of halogens is 2. The van der Waals surface area contributed by atoms with Crippen molar-refractivity contribution in [3.63, 3.8) is 0 Å². The van der Waals surface area contributed by atoms with E-state index in [4.69, 9.17) is 33.7 Å². The number of nitrogen functional groups attached to an aromatic ring is 1. The van der Waals surface area contributed by atoms with Crippen molar-refractivity contribution < 1.29 is 9.53 Å². The lowest BCUT2D eigenvalue weighted by molar-refractivity contribution is 0.101. The van der Waals surface area contributed by atoms with Crippen LogP contribution in [0, 0.1) is 0 Å². The van der Waals surface area contributed by atoms with Gasteiger partial charge in [-0.15, -0.1) is 10.2 Å². The minimum atomic E-state index is -0.421. The quantitative estimate of drug-likeness (QED) is 0.420. The standard InChI is InChI=1S/C20H20Cl2N4O2/c1-10(27)18-19(24-11-5-6-13(21)14(22)7-11)12-8-15(23)17(28-20(2,3)4)9-16(12)25-26-18/h5-9H,23H2,1-4H3,(H,24,25). The second-order valence-electron chi connectivity index (χ2n) is 7.36. The van der Waals surface area contributed by atoms with E-state index in [1.54, 1.807) is 30.3 Å². The Balaban J connectivity index is 2.17. The van der Waals surface area contributed by atoms with E-state index >= 15 is 0 Å². The fraction of sp³-hybridized carbons (Fsp3) is 0.250. The Labute approximate surface area is 173 Å². The van der Waals surface area contributed by atoms with Crippen LogP contribution in [0.5, 0.6) is 5.75 Å². The molecule has 0 spiro atoms. The van der Waals surface area contributed by atoms with Gasteiger partial charge in [0.2, 0.25) is 0 Å². The Morgan fingerprint density at radius 2 is 1.82 bits per heavy atom. The summed E-state index contributed by atoms with van der Waals surface area (Å²) in [5.74, 6) is 0.274. The van der Waals surface area contributed by atoms with Crippen LogP contribution in [0.3, 0.4) is 0 Å². The molecule has 0 aliphatic carbocycles. The summed E-state index contributed by atoms with van der Waals surface area (Å²) in [4.78, 5) is 12.1. The summed E-state index contributed by atoms with van der Waals surface area (Å²) < 4.78 is 5.89. The van der Waals surface area contributed by atoms with Crippen LogP contribution < -0.4 is 15.8 Å². The van der Waals surface area contributed by atoms with Crippen molar-refractivity contribution in [2.24, 2.45) is 0 Å². The predicted octanol–water partition coefficient (Wildman–Crippen LogP) is 5.64. The number of hydrogen-bond donors (Lipinski definition) is 2. The van der Waals surface area contributed by atoms with Crippen LogP contribution in [0.1, 0.15) is 38.2 Å². The molecule has 0 radical (unpaired) electrons. The van der Waals surface area contributed by atoms with Crippen LogP contribution in [-0.4, -0.2) is 21.6 Å². The first-order valence-electron chi connectivity index (χ1n) is 8.57. The van der Waals surface area contributed by atoms with Crippen molar-refractivity contribution in [3.05, 3.63) is 46.1 Å². The number of anilines is 3. The van der Waals surface area contributed by atoms with Gasteiger partial charge in [-0.1, -0.05) is 23.2 Å². The monoisotopic (exact) mass is 418 g/mol. The number of aromatic nitrogens is 2. The van der Waals surface area contributed by atoms with Crippen LogP contribution in [-0.2, 0) is 0 Å². The molecule has 1 aromatic heterocycles. The average Bonchev–Trinajstić information content (AvgIpc) is 2.58. The topological polar surface area (TPSA) is 90.1 Å². The van der Waals surface area contributed by atoms with Gasteiger partial charge in [-0.05, 0) is 45.0 Å². The van der Waals surface area contributed by atoms with E-state index in [2.05, 4.69) is 15.5 Å². The van der Waals surface area contributed by atoms with E-state index in [-0.39, 0.29) is 11.5 Å². The van der Waals surface area contributed by atoms with Gasteiger partial charge in [0.15, 0.2) is 11.5 Å². The number of fused-ring (bicyclic) bond motifs is 1. The molecule has 0 unspecified atom stereocenters. The molecule has 0 fully saturated rings. The maximum absolute atomic E-state index is 12.1. The molecule has 0 bridgehead atoms.